The molecule has 4 rings (SSSR count). The van der Waals surface area contributed by atoms with Gasteiger partial charge >= 0.3 is 0 Å². The lowest BCUT2D eigenvalue weighted by Crippen LogP contribution is -1.95. The summed E-state index contributed by atoms with van der Waals surface area (Å²) < 4.78 is 6.87. The van der Waals surface area contributed by atoms with Crippen LogP contribution in [0.15, 0.2) is 36.0 Å². The molecule has 0 atom stereocenters. The first kappa shape index (κ1) is 11.5. The van der Waals surface area contributed by atoms with Crippen LogP contribution in [0.25, 0.3) is 10.2 Å². The third kappa shape index (κ3) is 1.71. The summed E-state index contributed by atoms with van der Waals surface area (Å²) in [6.45, 7) is 0. The number of carbonyl (C=O) groups is 1. The number of ketones is 1. The third-order valence-corrected chi connectivity index (χ3v) is 4.34. The van der Waals surface area contributed by atoms with E-state index in [2.05, 4.69) is 9.97 Å². The average Bonchev–Trinajstić information content (AvgIpc) is 3.08. The fraction of sp³-hybridized carbons (Fsp3) is 0.133. The van der Waals surface area contributed by atoms with Crippen molar-refractivity contribution in [2.75, 3.05) is 0 Å². The van der Waals surface area contributed by atoms with E-state index in [0.717, 1.165) is 33.5 Å². The highest BCUT2D eigenvalue weighted by molar-refractivity contribution is 7.17. The fourth-order valence-electron chi connectivity index (χ4n) is 2.50. The number of fused-ring (bicyclic) bond motifs is 2. The maximum absolute atomic E-state index is 11.8. The molecule has 2 heterocycles. The number of hydrogen-bond acceptors (Lipinski definition) is 5. The predicted molar refractivity (Wildman–Crippen MR) is 76.6 cm³/mol. The SMILES string of the molecule is O=C1CCc2c(Oc3ncnc4ccsc34)cccc21. The van der Waals surface area contributed by atoms with Crippen molar-refractivity contribution in [1.29, 1.82) is 0 Å². The molecule has 20 heavy (non-hydrogen) atoms. The summed E-state index contributed by atoms with van der Waals surface area (Å²) in [6.07, 6.45) is 2.80. The van der Waals surface area contributed by atoms with E-state index in [-0.39, 0.29) is 5.78 Å². The molecule has 1 aromatic carbocycles. The molecule has 98 valence electrons. The van der Waals surface area contributed by atoms with Gasteiger partial charge in [-0.3, -0.25) is 4.79 Å². The number of aromatic nitrogens is 2. The minimum absolute atomic E-state index is 0.189. The van der Waals surface area contributed by atoms with Crippen molar-refractivity contribution in [2.24, 2.45) is 0 Å². The van der Waals surface area contributed by atoms with Crippen molar-refractivity contribution in [2.45, 2.75) is 12.8 Å². The zero-order valence-electron chi connectivity index (χ0n) is 10.5. The van der Waals surface area contributed by atoms with Gasteiger partial charge in [-0.05, 0) is 23.9 Å². The molecule has 0 saturated carbocycles. The van der Waals surface area contributed by atoms with Crippen LogP contribution in [0.3, 0.4) is 0 Å². The maximum Gasteiger partial charge on any atom is 0.240 e. The van der Waals surface area contributed by atoms with E-state index in [9.17, 15) is 4.79 Å². The minimum Gasteiger partial charge on any atom is -0.437 e. The van der Waals surface area contributed by atoms with Crippen LogP contribution in [0.1, 0.15) is 22.3 Å². The number of rotatable bonds is 2. The molecule has 0 saturated heterocycles. The molecule has 0 amide bonds. The largest absolute Gasteiger partial charge is 0.437 e. The van der Waals surface area contributed by atoms with Crippen molar-refractivity contribution in [3.8, 4) is 11.6 Å². The Morgan fingerprint density at radius 1 is 1.15 bits per heavy atom. The first-order valence-corrected chi connectivity index (χ1v) is 7.22. The van der Waals surface area contributed by atoms with Crippen LogP contribution < -0.4 is 4.74 Å². The Morgan fingerprint density at radius 2 is 2.10 bits per heavy atom. The lowest BCUT2D eigenvalue weighted by molar-refractivity contribution is 0.0994. The summed E-state index contributed by atoms with van der Waals surface area (Å²) >= 11 is 1.55. The first-order chi connectivity index (χ1) is 9.83. The lowest BCUT2D eigenvalue weighted by atomic mass is 10.1. The van der Waals surface area contributed by atoms with Gasteiger partial charge in [-0.1, -0.05) is 12.1 Å². The zero-order chi connectivity index (χ0) is 13.5. The number of carbonyl (C=O) groups excluding carboxylic acids is 1. The van der Waals surface area contributed by atoms with Gasteiger partial charge in [-0.25, -0.2) is 9.97 Å². The number of hydrogen-bond donors (Lipinski definition) is 0. The molecule has 1 aliphatic carbocycles. The van der Waals surface area contributed by atoms with Crippen LogP contribution in [0.2, 0.25) is 0 Å². The molecule has 5 heteroatoms. The Bertz CT molecular complexity index is 826. The van der Waals surface area contributed by atoms with Gasteiger partial charge in [0.25, 0.3) is 0 Å². The molecule has 3 aromatic rings. The van der Waals surface area contributed by atoms with Gasteiger partial charge in [-0.2, -0.15) is 0 Å². The van der Waals surface area contributed by atoms with E-state index in [1.807, 2.05) is 29.6 Å². The highest BCUT2D eigenvalue weighted by Gasteiger charge is 2.23. The Hall–Kier alpha value is -2.27. The summed E-state index contributed by atoms with van der Waals surface area (Å²) in [7, 11) is 0. The molecule has 1 aliphatic rings. The normalized spacial score (nSPS) is 13.7. The molecule has 0 unspecified atom stereocenters. The van der Waals surface area contributed by atoms with Gasteiger partial charge in [0.1, 0.15) is 16.8 Å². The van der Waals surface area contributed by atoms with Crippen molar-refractivity contribution in [3.05, 3.63) is 47.1 Å². The standard InChI is InChI=1S/C15H10N2O2S/c18-12-5-4-10-9(12)2-1-3-13(10)19-15-14-11(6-7-20-14)16-8-17-15/h1-3,6-8H,4-5H2. The summed E-state index contributed by atoms with van der Waals surface area (Å²) in [6, 6.07) is 7.54. The average molecular weight is 282 g/mol. The highest BCUT2D eigenvalue weighted by Crippen LogP contribution is 2.35. The second kappa shape index (κ2) is 4.38. The highest BCUT2D eigenvalue weighted by atomic mass is 32.1. The van der Waals surface area contributed by atoms with E-state index < -0.39 is 0 Å². The monoisotopic (exact) mass is 282 g/mol. The number of benzene rings is 1. The maximum atomic E-state index is 11.8. The van der Waals surface area contributed by atoms with Gasteiger partial charge in [-0.15, -0.1) is 11.3 Å². The van der Waals surface area contributed by atoms with Crippen molar-refractivity contribution >= 4 is 27.3 Å². The van der Waals surface area contributed by atoms with E-state index in [0.29, 0.717) is 12.3 Å². The Kier molecular flexibility index (Phi) is 2.53. The summed E-state index contributed by atoms with van der Waals surface area (Å²) in [5.41, 5.74) is 2.64. The minimum atomic E-state index is 0.189. The first-order valence-electron chi connectivity index (χ1n) is 6.34. The van der Waals surface area contributed by atoms with Crippen molar-refractivity contribution < 1.29 is 9.53 Å². The number of thiophene rings is 1. The van der Waals surface area contributed by atoms with Gasteiger partial charge < -0.3 is 4.74 Å². The molecule has 0 aliphatic heterocycles. The number of Topliss-reactive ketones (excluding diaryl/α,β-unsaturated/α-hetero) is 1. The fourth-order valence-corrected chi connectivity index (χ4v) is 3.27. The van der Waals surface area contributed by atoms with Crippen LogP contribution in [-0.4, -0.2) is 15.8 Å². The topological polar surface area (TPSA) is 52.1 Å². The molecule has 0 spiro atoms. The van der Waals surface area contributed by atoms with Crippen LogP contribution in [0.4, 0.5) is 0 Å². The molecule has 0 bridgehead atoms. The van der Waals surface area contributed by atoms with E-state index >= 15 is 0 Å². The Balaban J connectivity index is 1.81. The van der Waals surface area contributed by atoms with Crippen LogP contribution in [0.5, 0.6) is 11.6 Å². The second-order valence-electron chi connectivity index (χ2n) is 4.62. The van der Waals surface area contributed by atoms with Crippen molar-refractivity contribution in [3.63, 3.8) is 0 Å². The number of nitrogens with zero attached hydrogens (tertiary/aromatic N) is 2. The summed E-state index contributed by atoms with van der Waals surface area (Å²) in [4.78, 5) is 20.2. The third-order valence-electron chi connectivity index (χ3n) is 3.45. The van der Waals surface area contributed by atoms with Gasteiger partial charge in [0.05, 0.1) is 5.52 Å². The van der Waals surface area contributed by atoms with Gasteiger partial charge in [0, 0.05) is 17.5 Å². The zero-order valence-corrected chi connectivity index (χ0v) is 11.3. The molecule has 4 nitrogen and oxygen atoms in total. The van der Waals surface area contributed by atoms with Crippen LogP contribution in [-0.2, 0) is 6.42 Å². The molecular formula is C15H10N2O2S. The van der Waals surface area contributed by atoms with Gasteiger partial charge in [0.2, 0.25) is 5.88 Å². The van der Waals surface area contributed by atoms with E-state index in [1.54, 1.807) is 11.3 Å². The summed E-state index contributed by atoms with van der Waals surface area (Å²) in [5, 5.41) is 1.96. The quantitative estimate of drug-likeness (QED) is 0.720. The molecular weight excluding hydrogens is 272 g/mol. The molecule has 0 fully saturated rings. The predicted octanol–water partition coefficient (Wildman–Crippen LogP) is 3.61. The molecule has 2 aromatic heterocycles. The Morgan fingerprint density at radius 3 is 3.05 bits per heavy atom. The van der Waals surface area contributed by atoms with Crippen LogP contribution in [0, 0.1) is 0 Å². The van der Waals surface area contributed by atoms with Gasteiger partial charge in [0.15, 0.2) is 5.78 Å². The molecule has 0 N–H and O–H groups in total. The summed E-state index contributed by atoms with van der Waals surface area (Å²) in [5.74, 6) is 1.47. The molecule has 0 radical (unpaired) electrons. The van der Waals surface area contributed by atoms with E-state index in [1.165, 1.54) is 6.33 Å². The Labute approximate surface area is 119 Å². The van der Waals surface area contributed by atoms with Crippen LogP contribution >= 0.6 is 11.3 Å². The smallest absolute Gasteiger partial charge is 0.240 e. The second-order valence-corrected chi connectivity index (χ2v) is 5.54. The van der Waals surface area contributed by atoms with E-state index in [4.69, 9.17) is 4.74 Å². The number of ether oxygens (including phenoxy) is 1. The van der Waals surface area contributed by atoms with Crippen molar-refractivity contribution in [1.82, 2.24) is 9.97 Å². The lowest BCUT2D eigenvalue weighted by Gasteiger charge is -2.09.